The van der Waals surface area contributed by atoms with Crippen LogP contribution in [-0.4, -0.2) is 19.9 Å². The molecule has 0 rings (SSSR count). The molecule has 0 amide bonds. The lowest BCUT2D eigenvalue weighted by Crippen LogP contribution is -1.81. The number of aliphatic hydroxyl groups excluding tert-OH is 1. The van der Waals surface area contributed by atoms with Crippen LogP contribution in [0.5, 0.6) is 0 Å². The average Bonchev–Trinajstić information content (AvgIpc) is 1.41. The van der Waals surface area contributed by atoms with Crippen LogP contribution in [0.2, 0.25) is 0 Å². The average molecular weight is 75.8 g/mol. The molecule has 0 saturated carbocycles. The highest BCUT2D eigenvalue weighted by atomic mass is 31.0. The van der Waals surface area contributed by atoms with E-state index in [1.54, 1.807) is 0 Å². The third-order valence-electron chi connectivity index (χ3n) is 0.0913. The maximum absolute atomic E-state index is 7.90. The number of hydrogen-bond donors (Lipinski definition) is 1. The fourth-order valence-electron chi connectivity index (χ4n) is 0. The van der Waals surface area contributed by atoms with Crippen molar-refractivity contribution in [2.24, 2.45) is 0 Å². The zero-order chi connectivity index (χ0) is 4.12. The van der Waals surface area contributed by atoms with Crippen LogP contribution in [0.15, 0.2) is 0 Å². The Labute approximate surface area is 30.1 Å². The van der Waals surface area contributed by atoms with Crippen molar-refractivity contribution in [3.05, 3.63) is 0 Å². The molecule has 0 aromatic rings. The van der Waals surface area contributed by atoms with E-state index in [0.717, 1.165) is 0 Å². The van der Waals surface area contributed by atoms with E-state index < -0.39 is 0 Å². The highest BCUT2D eigenvalue weighted by Crippen LogP contribution is 1.65. The lowest BCUT2D eigenvalue weighted by Gasteiger charge is -1.65. The molecule has 23 valence electrons. The van der Waals surface area contributed by atoms with Crippen molar-refractivity contribution in [1.82, 2.24) is 0 Å². The van der Waals surface area contributed by atoms with Crippen LogP contribution in [0.1, 0.15) is 0 Å². The Kier molecular flexibility index (Phi) is 2.31. The normalized spacial score (nSPS) is 12.8. The molecule has 0 heterocycles. The number of aliphatic hydroxyl groups is 1. The summed E-state index contributed by atoms with van der Waals surface area (Å²) in [7, 11) is 0.0328. The standard InChI is InChI=1S/CH5BOP/c3-1-2-4/h3H,1,4H2/i4D. The van der Waals surface area contributed by atoms with Crippen LogP contribution in [0.25, 0.3) is 0 Å². The molecular weight excluding hydrogens is 69.8 g/mol. The summed E-state index contributed by atoms with van der Waals surface area (Å²) in [6, 6.07) is 0. The SMILES string of the molecule is [2H]P[B]CO. The van der Waals surface area contributed by atoms with E-state index in [9.17, 15) is 0 Å². The van der Waals surface area contributed by atoms with E-state index in [-0.39, 0.29) is 15.6 Å². The molecule has 1 N–H and O–H groups in total. The predicted octanol–water partition coefficient (Wildman–Crippen LogP) is -0.570. The molecule has 0 saturated heterocycles. The first-order valence-corrected chi connectivity index (χ1v) is 1.59. The number of hydrogen-bond acceptors (Lipinski definition) is 1. The molecular formula is CH5BOP. The fraction of sp³-hybridized carbons (Fsp3) is 1.00. The maximum atomic E-state index is 7.90. The summed E-state index contributed by atoms with van der Waals surface area (Å²) in [4.78, 5) is 0. The van der Waals surface area contributed by atoms with Gasteiger partial charge in [0.05, 0.1) is 0 Å². The Morgan fingerprint density at radius 3 is 3.25 bits per heavy atom. The van der Waals surface area contributed by atoms with E-state index in [0.29, 0.717) is 0 Å². The lowest BCUT2D eigenvalue weighted by atomic mass is 10.2. The highest BCUT2D eigenvalue weighted by Gasteiger charge is 1.63. The molecule has 1 atom stereocenters. The van der Waals surface area contributed by atoms with E-state index in [1.165, 1.54) is 7.00 Å². The van der Waals surface area contributed by atoms with Gasteiger partial charge in [-0.05, 0) is 0 Å². The summed E-state index contributed by atoms with van der Waals surface area (Å²) < 4.78 is 6.41. The summed E-state index contributed by atoms with van der Waals surface area (Å²) in [5.41, 5.74) is 0. The van der Waals surface area contributed by atoms with Gasteiger partial charge in [0.15, 0.2) is 7.00 Å². The van der Waals surface area contributed by atoms with Crippen molar-refractivity contribution >= 4 is 16.1 Å². The Bertz CT molecular complexity index is 19.1. The van der Waals surface area contributed by atoms with Gasteiger partial charge in [-0.15, -0.1) is 0 Å². The summed E-state index contributed by atoms with van der Waals surface area (Å²) >= 11 is 0. The minimum Gasteiger partial charge on any atom is -0.405 e. The zero-order valence-electron chi connectivity index (χ0n) is 3.23. The quantitative estimate of drug-likeness (QED) is 0.345. The van der Waals surface area contributed by atoms with Gasteiger partial charge in [0.2, 0.25) is 0 Å². The van der Waals surface area contributed by atoms with E-state index in [1.807, 2.05) is 0 Å². The Morgan fingerprint density at radius 1 is 2.50 bits per heavy atom. The second-order valence-corrected chi connectivity index (χ2v) is 0.795. The predicted molar refractivity (Wildman–Crippen MR) is 22.5 cm³/mol. The van der Waals surface area contributed by atoms with Crippen molar-refractivity contribution in [1.29, 1.82) is 1.28 Å². The third-order valence-corrected chi connectivity index (χ3v) is 0.274. The molecule has 0 aromatic carbocycles. The molecule has 3 heteroatoms. The van der Waals surface area contributed by atoms with E-state index >= 15 is 0 Å². The maximum Gasteiger partial charge on any atom is 0.172 e. The van der Waals surface area contributed by atoms with Gasteiger partial charge in [-0.3, -0.25) is 0 Å². The fourth-order valence-corrected chi connectivity index (χ4v) is 0. The topological polar surface area (TPSA) is 20.2 Å². The summed E-state index contributed by atoms with van der Waals surface area (Å²) in [5, 5.41) is 7.90. The molecule has 1 nitrogen and oxygen atoms in total. The first-order valence-electron chi connectivity index (χ1n) is 1.51. The van der Waals surface area contributed by atoms with Gasteiger partial charge in [-0.1, -0.05) is 0 Å². The monoisotopic (exact) mass is 76.0 g/mol. The molecule has 0 aliphatic heterocycles. The minimum absolute atomic E-state index is 0.0328. The van der Waals surface area contributed by atoms with Gasteiger partial charge in [-0.25, -0.2) is 0 Å². The zero-order valence-corrected chi connectivity index (χ0v) is 3.23. The molecule has 1 unspecified atom stereocenters. The van der Waals surface area contributed by atoms with Crippen LogP contribution in [0, 0.1) is 0 Å². The van der Waals surface area contributed by atoms with Crippen LogP contribution in [0.3, 0.4) is 0 Å². The summed E-state index contributed by atoms with van der Waals surface area (Å²) in [5.74, 6) is 0. The van der Waals surface area contributed by atoms with Crippen molar-refractivity contribution in [3.8, 4) is 0 Å². The molecule has 0 fully saturated rings. The Morgan fingerprint density at radius 2 is 3.25 bits per heavy atom. The molecule has 0 aliphatic rings. The molecule has 0 bridgehead atoms. The number of rotatable bonds is 2. The van der Waals surface area contributed by atoms with Crippen LogP contribution < -0.4 is 0 Å². The first-order chi connectivity index (χ1) is 2.41. The van der Waals surface area contributed by atoms with Crippen molar-refractivity contribution < 1.29 is 5.11 Å². The lowest BCUT2D eigenvalue weighted by molar-refractivity contribution is 0.368. The summed E-state index contributed by atoms with van der Waals surface area (Å²) in [6.45, 7) is 1.54. The second-order valence-electron chi connectivity index (χ2n) is 0.387. The van der Waals surface area contributed by atoms with Crippen molar-refractivity contribution in [2.75, 3.05) is 6.51 Å². The molecule has 0 spiro atoms. The summed E-state index contributed by atoms with van der Waals surface area (Å²) in [6.07, 6.45) is 0. The Hall–Kier alpha value is 0.455. The molecule has 1 radical (unpaired) electrons. The molecule has 4 heavy (non-hydrogen) atoms. The van der Waals surface area contributed by atoms with Crippen LogP contribution in [-0.2, 0) is 0 Å². The van der Waals surface area contributed by atoms with Crippen LogP contribution in [0.4, 0.5) is 0 Å². The minimum atomic E-state index is 0.0328. The Balaban J connectivity index is 2.19. The van der Waals surface area contributed by atoms with Gasteiger partial charge in [0, 0.05) is 7.78 Å². The van der Waals surface area contributed by atoms with Crippen molar-refractivity contribution in [3.63, 3.8) is 0 Å². The van der Waals surface area contributed by atoms with Gasteiger partial charge >= 0.3 is 0 Å². The molecule has 0 aliphatic carbocycles. The van der Waals surface area contributed by atoms with Gasteiger partial charge in [0.1, 0.15) is 0 Å². The van der Waals surface area contributed by atoms with Gasteiger partial charge in [-0.2, -0.15) is 9.06 Å². The smallest absolute Gasteiger partial charge is 0.172 e. The first kappa shape index (κ1) is 2.68. The van der Waals surface area contributed by atoms with Crippen LogP contribution >= 0.6 is 9.06 Å². The van der Waals surface area contributed by atoms with Gasteiger partial charge < -0.3 is 5.11 Å². The molecule has 0 aromatic heterocycles. The van der Waals surface area contributed by atoms with Crippen molar-refractivity contribution in [2.45, 2.75) is 0 Å². The highest BCUT2D eigenvalue weighted by molar-refractivity contribution is 7.55. The third kappa shape index (κ3) is 2.45. The van der Waals surface area contributed by atoms with Gasteiger partial charge in [0.25, 0.3) is 0 Å². The van der Waals surface area contributed by atoms with E-state index in [4.69, 9.17) is 6.39 Å². The largest absolute Gasteiger partial charge is 0.405 e. The second kappa shape index (κ2) is 3.45. The van der Waals surface area contributed by atoms with E-state index in [2.05, 4.69) is 0 Å².